The SMILES string of the molecule is O=C(O)C1CC1c1nc(-c2ccccc2Br)cs1. The number of aromatic nitrogens is 1. The molecule has 5 heteroatoms. The van der Waals surface area contributed by atoms with Crippen molar-refractivity contribution in [3.05, 3.63) is 39.1 Å². The molecule has 1 fully saturated rings. The molecule has 0 radical (unpaired) electrons. The Hall–Kier alpha value is -1.20. The number of carbonyl (C=O) groups is 1. The molecule has 3 nitrogen and oxygen atoms in total. The fourth-order valence-electron chi connectivity index (χ4n) is 1.99. The number of hydrogen-bond acceptors (Lipinski definition) is 3. The van der Waals surface area contributed by atoms with E-state index < -0.39 is 5.97 Å². The molecule has 1 aliphatic carbocycles. The first-order chi connectivity index (χ1) is 8.66. The first-order valence-electron chi connectivity index (χ1n) is 5.60. The van der Waals surface area contributed by atoms with Crippen LogP contribution in [0.5, 0.6) is 0 Å². The highest BCUT2D eigenvalue weighted by molar-refractivity contribution is 9.10. The van der Waals surface area contributed by atoms with Gasteiger partial charge in [-0.2, -0.15) is 0 Å². The zero-order valence-electron chi connectivity index (χ0n) is 9.34. The molecule has 2 atom stereocenters. The third-order valence-corrected chi connectivity index (χ3v) is 4.76. The molecule has 1 heterocycles. The van der Waals surface area contributed by atoms with Crippen LogP contribution in [-0.4, -0.2) is 16.1 Å². The maximum Gasteiger partial charge on any atom is 0.307 e. The molecular weight excluding hydrogens is 314 g/mol. The summed E-state index contributed by atoms with van der Waals surface area (Å²) in [5.74, 6) is -0.829. The van der Waals surface area contributed by atoms with Gasteiger partial charge in [0.15, 0.2) is 0 Å². The lowest BCUT2D eigenvalue weighted by molar-refractivity contribution is -0.138. The van der Waals surface area contributed by atoms with Crippen molar-refractivity contribution in [2.45, 2.75) is 12.3 Å². The van der Waals surface area contributed by atoms with Crippen molar-refractivity contribution in [2.75, 3.05) is 0 Å². The summed E-state index contributed by atoms with van der Waals surface area (Å²) in [7, 11) is 0. The van der Waals surface area contributed by atoms with E-state index in [1.807, 2.05) is 29.6 Å². The Morgan fingerprint density at radius 2 is 2.22 bits per heavy atom. The zero-order valence-corrected chi connectivity index (χ0v) is 11.7. The molecule has 0 saturated heterocycles. The number of thiazole rings is 1. The van der Waals surface area contributed by atoms with Gasteiger partial charge < -0.3 is 5.11 Å². The van der Waals surface area contributed by atoms with E-state index in [0.29, 0.717) is 0 Å². The van der Waals surface area contributed by atoms with Crippen LogP contribution in [0, 0.1) is 5.92 Å². The number of carboxylic acid groups (broad SMARTS) is 1. The number of halogens is 1. The monoisotopic (exact) mass is 323 g/mol. The molecule has 0 spiro atoms. The van der Waals surface area contributed by atoms with Crippen molar-refractivity contribution >= 4 is 33.2 Å². The minimum absolute atomic E-state index is 0.115. The Labute approximate surface area is 117 Å². The molecule has 92 valence electrons. The highest BCUT2D eigenvalue weighted by Gasteiger charge is 2.46. The van der Waals surface area contributed by atoms with Crippen molar-refractivity contribution in [2.24, 2.45) is 5.92 Å². The van der Waals surface area contributed by atoms with E-state index in [-0.39, 0.29) is 11.8 Å². The van der Waals surface area contributed by atoms with E-state index in [4.69, 9.17) is 5.11 Å². The summed E-state index contributed by atoms with van der Waals surface area (Å²) in [6.07, 6.45) is 0.720. The largest absolute Gasteiger partial charge is 0.481 e. The Kier molecular flexibility index (Phi) is 2.95. The van der Waals surface area contributed by atoms with Crippen LogP contribution in [0.3, 0.4) is 0 Å². The summed E-state index contributed by atoms with van der Waals surface area (Å²) < 4.78 is 1.01. The predicted octanol–water partition coefficient (Wildman–Crippen LogP) is 3.76. The molecule has 1 aromatic heterocycles. The van der Waals surface area contributed by atoms with Gasteiger partial charge in [-0.05, 0) is 12.5 Å². The molecule has 0 amide bonds. The molecule has 0 bridgehead atoms. The summed E-state index contributed by atoms with van der Waals surface area (Å²) in [5, 5.41) is 11.9. The lowest BCUT2D eigenvalue weighted by Crippen LogP contribution is -1.98. The maximum absolute atomic E-state index is 10.8. The summed E-state index contributed by atoms with van der Waals surface area (Å²) in [4.78, 5) is 15.4. The normalized spacial score (nSPS) is 21.8. The van der Waals surface area contributed by atoms with Gasteiger partial charge >= 0.3 is 5.97 Å². The lowest BCUT2D eigenvalue weighted by atomic mass is 10.2. The second-order valence-electron chi connectivity index (χ2n) is 4.34. The molecule has 0 aliphatic heterocycles. The average molecular weight is 324 g/mol. The van der Waals surface area contributed by atoms with E-state index >= 15 is 0 Å². The van der Waals surface area contributed by atoms with Crippen LogP contribution >= 0.6 is 27.3 Å². The Balaban J connectivity index is 1.87. The molecule has 3 rings (SSSR count). The van der Waals surface area contributed by atoms with E-state index in [1.54, 1.807) is 11.3 Å². The highest BCUT2D eigenvalue weighted by Crippen LogP contribution is 2.49. The third kappa shape index (κ3) is 2.08. The Bertz CT molecular complexity index is 611. The molecule has 2 aromatic rings. The molecule has 1 N–H and O–H groups in total. The first kappa shape index (κ1) is 11.9. The quantitative estimate of drug-likeness (QED) is 0.935. The van der Waals surface area contributed by atoms with E-state index in [1.165, 1.54) is 0 Å². The smallest absolute Gasteiger partial charge is 0.307 e. The van der Waals surface area contributed by atoms with Gasteiger partial charge in [-0.3, -0.25) is 4.79 Å². The summed E-state index contributed by atoms with van der Waals surface area (Å²) in [5.41, 5.74) is 1.96. The fourth-order valence-corrected chi connectivity index (χ4v) is 3.48. The number of benzene rings is 1. The van der Waals surface area contributed by atoms with Crippen LogP contribution in [-0.2, 0) is 4.79 Å². The van der Waals surface area contributed by atoms with E-state index in [0.717, 1.165) is 27.2 Å². The second-order valence-corrected chi connectivity index (χ2v) is 6.08. The van der Waals surface area contributed by atoms with Crippen molar-refractivity contribution in [3.8, 4) is 11.3 Å². The van der Waals surface area contributed by atoms with Crippen molar-refractivity contribution in [3.63, 3.8) is 0 Å². The van der Waals surface area contributed by atoms with Gasteiger partial charge in [-0.25, -0.2) is 4.98 Å². The van der Waals surface area contributed by atoms with Gasteiger partial charge in [0.1, 0.15) is 0 Å². The van der Waals surface area contributed by atoms with Gasteiger partial charge in [0, 0.05) is 21.3 Å². The van der Waals surface area contributed by atoms with Crippen molar-refractivity contribution < 1.29 is 9.90 Å². The lowest BCUT2D eigenvalue weighted by Gasteiger charge is -1.99. The standard InChI is InChI=1S/C13H10BrNO2S/c14-10-4-2-1-3-7(10)11-6-18-12(15-11)8-5-9(8)13(16)17/h1-4,6,8-9H,5H2,(H,16,17). The predicted molar refractivity (Wildman–Crippen MR) is 73.7 cm³/mol. The molecule has 1 saturated carbocycles. The van der Waals surface area contributed by atoms with Crippen LogP contribution in [0.2, 0.25) is 0 Å². The van der Waals surface area contributed by atoms with Crippen molar-refractivity contribution in [1.29, 1.82) is 0 Å². The summed E-state index contributed by atoms with van der Waals surface area (Å²) in [6.45, 7) is 0. The Morgan fingerprint density at radius 3 is 2.89 bits per heavy atom. The number of rotatable bonds is 3. The highest BCUT2D eigenvalue weighted by atomic mass is 79.9. The minimum Gasteiger partial charge on any atom is -0.481 e. The van der Waals surface area contributed by atoms with Gasteiger partial charge in [0.25, 0.3) is 0 Å². The van der Waals surface area contributed by atoms with Crippen LogP contribution in [0.15, 0.2) is 34.1 Å². The third-order valence-electron chi connectivity index (χ3n) is 3.10. The fraction of sp³-hybridized carbons (Fsp3) is 0.231. The summed E-state index contributed by atoms with van der Waals surface area (Å²) >= 11 is 5.05. The zero-order chi connectivity index (χ0) is 12.7. The van der Waals surface area contributed by atoms with Crippen LogP contribution in [0.4, 0.5) is 0 Å². The Morgan fingerprint density at radius 1 is 1.44 bits per heavy atom. The van der Waals surface area contributed by atoms with E-state index in [9.17, 15) is 4.79 Å². The first-order valence-corrected chi connectivity index (χ1v) is 7.27. The number of carboxylic acids is 1. The molecule has 18 heavy (non-hydrogen) atoms. The molecular formula is C13H10BrNO2S. The summed E-state index contributed by atoms with van der Waals surface area (Å²) in [6, 6.07) is 7.91. The van der Waals surface area contributed by atoms with Crippen LogP contribution in [0.25, 0.3) is 11.3 Å². The topological polar surface area (TPSA) is 50.2 Å². The molecule has 1 aromatic carbocycles. The average Bonchev–Trinajstić information content (AvgIpc) is 3.02. The van der Waals surface area contributed by atoms with Gasteiger partial charge in [-0.15, -0.1) is 11.3 Å². The molecule has 2 unspecified atom stereocenters. The minimum atomic E-state index is -0.711. The van der Waals surface area contributed by atoms with Gasteiger partial charge in [-0.1, -0.05) is 34.1 Å². The maximum atomic E-state index is 10.8. The van der Waals surface area contributed by atoms with E-state index in [2.05, 4.69) is 20.9 Å². The molecule has 1 aliphatic rings. The van der Waals surface area contributed by atoms with Gasteiger partial charge in [0.2, 0.25) is 0 Å². The van der Waals surface area contributed by atoms with Crippen molar-refractivity contribution in [1.82, 2.24) is 4.98 Å². The van der Waals surface area contributed by atoms with Gasteiger partial charge in [0.05, 0.1) is 16.6 Å². The number of nitrogens with zero attached hydrogens (tertiary/aromatic N) is 1. The number of aliphatic carboxylic acids is 1. The number of hydrogen-bond donors (Lipinski definition) is 1. The van der Waals surface area contributed by atoms with Crippen LogP contribution in [0.1, 0.15) is 17.3 Å². The second kappa shape index (κ2) is 4.48. The van der Waals surface area contributed by atoms with Crippen LogP contribution < -0.4 is 0 Å².